The van der Waals surface area contributed by atoms with E-state index in [0.717, 1.165) is 22.3 Å². The van der Waals surface area contributed by atoms with Crippen LogP contribution in [0.5, 0.6) is 0 Å². The SMILES string of the molecule is c1ccc(-c2ccc(-c3nc(-c4ccccc4)nc(-c4ccc5c(c4)sc4cccc(-c6cc(-c7ccccc7)c7c(c6)sc6ccccc67)c45)n3)cc2)cc1. The summed E-state index contributed by atoms with van der Waals surface area (Å²) in [6.45, 7) is 0. The van der Waals surface area contributed by atoms with Gasteiger partial charge in [-0.05, 0) is 63.7 Å². The number of hydrogen-bond donors (Lipinski definition) is 0. The van der Waals surface area contributed by atoms with Crippen molar-refractivity contribution >= 4 is 63.0 Å². The van der Waals surface area contributed by atoms with E-state index in [2.05, 4.69) is 164 Å². The molecule has 0 amide bonds. The van der Waals surface area contributed by atoms with E-state index in [-0.39, 0.29) is 0 Å². The summed E-state index contributed by atoms with van der Waals surface area (Å²) >= 11 is 3.69. The molecule has 3 nitrogen and oxygen atoms in total. The van der Waals surface area contributed by atoms with Crippen molar-refractivity contribution in [3.63, 3.8) is 0 Å². The molecule has 0 aliphatic heterocycles. The van der Waals surface area contributed by atoms with Crippen LogP contribution in [0.25, 0.3) is 108 Å². The Morgan fingerprint density at radius 2 is 0.750 bits per heavy atom. The highest BCUT2D eigenvalue weighted by molar-refractivity contribution is 7.26. The fourth-order valence-electron chi connectivity index (χ4n) is 7.85. The second kappa shape index (κ2) is 13.5. The van der Waals surface area contributed by atoms with Crippen LogP contribution in [0.4, 0.5) is 0 Å². The molecule has 0 radical (unpaired) electrons. The van der Waals surface area contributed by atoms with Gasteiger partial charge in [0.25, 0.3) is 0 Å². The third kappa shape index (κ3) is 5.68. The number of rotatable bonds is 6. The van der Waals surface area contributed by atoms with Gasteiger partial charge in [0.05, 0.1) is 0 Å². The highest BCUT2D eigenvalue weighted by atomic mass is 32.1. The minimum Gasteiger partial charge on any atom is -0.208 e. The second-order valence-electron chi connectivity index (χ2n) is 14.0. The maximum absolute atomic E-state index is 5.10. The normalized spacial score (nSPS) is 11.6. The Labute approximate surface area is 331 Å². The van der Waals surface area contributed by atoms with E-state index < -0.39 is 0 Å². The summed E-state index contributed by atoms with van der Waals surface area (Å²) in [4.78, 5) is 15.1. The number of aromatic nitrogens is 3. The lowest BCUT2D eigenvalue weighted by molar-refractivity contribution is 1.07. The van der Waals surface area contributed by atoms with Crippen molar-refractivity contribution in [3.05, 3.63) is 188 Å². The Balaban J connectivity index is 1.05. The van der Waals surface area contributed by atoms with Gasteiger partial charge in [-0.15, -0.1) is 22.7 Å². The summed E-state index contributed by atoms with van der Waals surface area (Å²) < 4.78 is 5.07. The zero-order valence-electron chi connectivity index (χ0n) is 30.1. The topological polar surface area (TPSA) is 38.7 Å². The number of nitrogens with zero attached hydrogens (tertiary/aromatic N) is 3. The van der Waals surface area contributed by atoms with Crippen molar-refractivity contribution in [2.24, 2.45) is 0 Å². The zero-order valence-corrected chi connectivity index (χ0v) is 31.7. The number of fused-ring (bicyclic) bond motifs is 6. The van der Waals surface area contributed by atoms with E-state index in [0.29, 0.717) is 17.5 Å². The van der Waals surface area contributed by atoms with Crippen LogP contribution in [0.1, 0.15) is 0 Å². The first-order chi connectivity index (χ1) is 27.7. The Bertz CT molecular complexity index is 3220. The molecule has 8 aromatic carbocycles. The Morgan fingerprint density at radius 1 is 0.268 bits per heavy atom. The van der Waals surface area contributed by atoms with Gasteiger partial charge < -0.3 is 0 Å². The lowest BCUT2D eigenvalue weighted by Gasteiger charge is -2.11. The summed E-state index contributed by atoms with van der Waals surface area (Å²) in [5.41, 5.74) is 10.2. The highest BCUT2D eigenvalue weighted by Crippen LogP contribution is 2.46. The van der Waals surface area contributed by atoms with Crippen LogP contribution in [0.3, 0.4) is 0 Å². The number of benzene rings is 8. The van der Waals surface area contributed by atoms with Gasteiger partial charge in [0.15, 0.2) is 17.5 Å². The molecule has 0 fully saturated rings. The summed E-state index contributed by atoms with van der Waals surface area (Å²) in [6, 6.07) is 66.8. The molecule has 0 aliphatic carbocycles. The van der Waals surface area contributed by atoms with E-state index in [1.807, 2.05) is 46.9 Å². The third-order valence-electron chi connectivity index (χ3n) is 10.5. The van der Waals surface area contributed by atoms with Crippen LogP contribution >= 0.6 is 22.7 Å². The Morgan fingerprint density at radius 3 is 1.48 bits per heavy atom. The minimum atomic E-state index is 0.651. The zero-order chi connectivity index (χ0) is 37.0. The van der Waals surface area contributed by atoms with Crippen LogP contribution in [0, 0.1) is 0 Å². The second-order valence-corrected chi connectivity index (χ2v) is 16.1. The first-order valence-corrected chi connectivity index (χ1v) is 20.3. The standard InChI is InChI=1S/C51H31N3S2/c1-4-13-32(14-5-1)33-23-25-36(26-24-33)50-52-49(35-17-8-3-9-18-35)53-51(54-50)37-27-28-41-45(30-37)56-44-22-12-20-39(47(41)44)38-29-42(34-15-6-2-7-16-34)48-40-19-10-11-21-43(40)55-46(48)31-38/h1-31H. The van der Waals surface area contributed by atoms with Crippen LogP contribution in [0.2, 0.25) is 0 Å². The molecule has 262 valence electrons. The van der Waals surface area contributed by atoms with Gasteiger partial charge in [-0.2, -0.15) is 0 Å². The van der Waals surface area contributed by atoms with Crippen molar-refractivity contribution < 1.29 is 0 Å². The summed E-state index contributed by atoms with van der Waals surface area (Å²) in [7, 11) is 0. The molecule has 3 aromatic heterocycles. The molecular formula is C51H31N3S2. The quantitative estimate of drug-likeness (QED) is 0.170. The van der Waals surface area contributed by atoms with Crippen molar-refractivity contribution in [1.29, 1.82) is 0 Å². The lowest BCUT2D eigenvalue weighted by Crippen LogP contribution is -2.00. The molecule has 0 aliphatic rings. The van der Waals surface area contributed by atoms with Crippen molar-refractivity contribution in [3.8, 4) is 67.5 Å². The molecule has 0 unspecified atom stereocenters. The van der Waals surface area contributed by atoms with Crippen molar-refractivity contribution in [1.82, 2.24) is 15.0 Å². The molecule has 0 spiro atoms. The van der Waals surface area contributed by atoms with E-state index in [4.69, 9.17) is 15.0 Å². The maximum Gasteiger partial charge on any atom is 0.164 e. The Kier molecular flexibility index (Phi) is 7.87. The fourth-order valence-corrected chi connectivity index (χ4v) is 10.2. The summed E-state index contributed by atoms with van der Waals surface area (Å²) in [5, 5.41) is 5.14. The van der Waals surface area contributed by atoms with E-state index in [1.165, 1.54) is 68.2 Å². The van der Waals surface area contributed by atoms with Crippen LogP contribution < -0.4 is 0 Å². The fraction of sp³-hybridized carbons (Fsp3) is 0. The van der Waals surface area contributed by atoms with Gasteiger partial charge in [0, 0.05) is 57.0 Å². The molecule has 0 saturated carbocycles. The maximum atomic E-state index is 5.10. The first kappa shape index (κ1) is 32.6. The average molecular weight is 750 g/mol. The molecule has 11 aromatic rings. The van der Waals surface area contributed by atoms with Crippen LogP contribution in [-0.2, 0) is 0 Å². The molecular weight excluding hydrogens is 719 g/mol. The van der Waals surface area contributed by atoms with E-state index in [1.54, 1.807) is 0 Å². The average Bonchev–Trinajstić information content (AvgIpc) is 3.85. The van der Waals surface area contributed by atoms with Crippen molar-refractivity contribution in [2.45, 2.75) is 0 Å². The molecule has 0 saturated heterocycles. The highest BCUT2D eigenvalue weighted by Gasteiger charge is 2.18. The largest absolute Gasteiger partial charge is 0.208 e. The molecule has 0 bridgehead atoms. The smallest absolute Gasteiger partial charge is 0.164 e. The van der Waals surface area contributed by atoms with Crippen molar-refractivity contribution in [2.75, 3.05) is 0 Å². The Hall–Kier alpha value is -6.79. The number of hydrogen-bond acceptors (Lipinski definition) is 5. The van der Waals surface area contributed by atoms with Gasteiger partial charge in [0.1, 0.15) is 0 Å². The minimum absolute atomic E-state index is 0.651. The molecule has 56 heavy (non-hydrogen) atoms. The molecule has 11 rings (SSSR count). The first-order valence-electron chi connectivity index (χ1n) is 18.7. The lowest BCUT2D eigenvalue weighted by atomic mass is 9.93. The summed E-state index contributed by atoms with van der Waals surface area (Å²) in [5.74, 6) is 1.96. The molecule has 0 atom stereocenters. The predicted molar refractivity (Wildman–Crippen MR) is 238 cm³/mol. The van der Waals surface area contributed by atoms with Gasteiger partial charge in [-0.3, -0.25) is 0 Å². The van der Waals surface area contributed by atoms with Gasteiger partial charge >= 0.3 is 0 Å². The monoisotopic (exact) mass is 749 g/mol. The van der Waals surface area contributed by atoms with Gasteiger partial charge in [-0.1, -0.05) is 158 Å². The molecule has 5 heteroatoms. The van der Waals surface area contributed by atoms with Gasteiger partial charge in [0.2, 0.25) is 0 Å². The van der Waals surface area contributed by atoms with Crippen LogP contribution in [0.15, 0.2) is 188 Å². The third-order valence-corrected chi connectivity index (χ3v) is 12.8. The predicted octanol–water partition coefficient (Wildman–Crippen LogP) is 14.6. The summed E-state index contributed by atoms with van der Waals surface area (Å²) in [6.07, 6.45) is 0. The molecule has 3 heterocycles. The van der Waals surface area contributed by atoms with E-state index in [9.17, 15) is 0 Å². The van der Waals surface area contributed by atoms with Gasteiger partial charge in [-0.25, -0.2) is 15.0 Å². The van der Waals surface area contributed by atoms with E-state index >= 15 is 0 Å². The van der Waals surface area contributed by atoms with Crippen LogP contribution in [-0.4, -0.2) is 15.0 Å². The molecule has 0 N–H and O–H groups in total. The number of thiophene rings is 2.